The number of amides is 2. The molecule has 1 aliphatic heterocycles. The van der Waals surface area contributed by atoms with Gasteiger partial charge in [-0.3, -0.25) is 14.9 Å². The Morgan fingerprint density at radius 1 is 1.17 bits per heavy atom. The van der Waals surface area contributed by atoms with Crippen molar-refractivity contribution < 1.29 is 22.8 Å². The first-order valence-electron chi connectivity index (χ1n) is 4.73. The largest absolute Gasteiger partial charge is 0.417 e. The first-order valence-corrected chi connectivity index (χ1v) is 5.11. The highest BCUT2D eigenvalue weighted by Gasteiger charge is 2.36. The van der Waals surface area contributed by atoms with Gasteiger partial charge in [0, 0.05) is 11.1 Å². The van der Waals surface area contributed by atoms with Crippen LogP contribution in [0.2, 0.25) is 5.02 Å². The van der Waals surface area contributed by atoms with E-state index in [4.69, 9.17) is 11.6 Å². The number of nitrogens with one attached hydrogen (secondary N) is 1. The van der Waals surface area contributed by atoms with Crippen LogP contribution in [0.3, 0.4) is 0 Å². The Bertz CT molecular complexity index is 578. The maximum atomic E-state index is 12.8. The van der Waals surface area contributed by atoms with E-state index >= 15 is 0 Å². The fraction of sp³-hybridized carbons (Fsp3) is 0.0909. The van der Waals surface area contributed by atoms with E-state index in [1.807, 2.05) is 5.32 Å². The Morgan fingerprint density at radius 2 is 1.83 bits per heavy atom. The van der Waals surface area contributed by atoms with Gasteiger partial charge in [0.1, 0.15) is 0 Å². The average molecular weight is 276 g/mol. The van der Waals surface area contributed by atoms with Crippen molar-refractivity contribution in [1.82, 2.24) is 5.32 Å². The first kappa shape index (κ1) is 12.6. The fourth-order valence-electron chi connectivity index (χ4n) is 1.60. The molecule has 0 aromatic heterocycles. The van der Waals surface area contributed by atoms with Crippen LogP contribution in [-0.2, 0) is 15.8 Å². The highest BCUT2D eigenvalue weighted by Crippen LogP contribution is 2.37. The fourth-order valence-corrected chi connectivity index (χ4v) is 1.77. The van der Waals surface area contributed by atoms with Gasteiger partial charge >= 0.3 is 6.18 Å². The summed E-state index contributed by atoms with van der Waals surface area (Å²) < 4.78 is 38.4. The van der Waals surface area contributed by atoms with Gasteiger partial charge in [-0.25, -0.2) is 0 Å². The molecule has 1 aromatic carbocycles. The number of imide groups is 1. The lowest BCUT2D eigenvalue weighted by Crippen LogP contribution is -2.22. The molecule has 0 saturated carbocycles. The van der Waals surface area contributed by atoms with Crippen molar-refractivity contribution in [2.75, 3.05) is 0 Å². The molecule has 0 atom stereocenters. The summed E-state index contributed by atoms with van der Waals surface area (Å²) in [4.78, 5) is 22.3. The normalized spacial score (nSPS) is 15.7. The van der Waals surface area contributed by atoms with E-state index in [0.717, 1.165) is 12.1 Å². The summed E-state index contributed by atoms with van der Waals surface area (Å²) in [6, 6.07) is 3.01. The molecule has 0 radical (unpaired) electrons. The molecule has 1 N–H and O–H groups in total. The maximum absolute atomic E-state index is 12.8. The quantitative estimate of drug-likeness (QED) is 0.800. The molecule has 0 aliphatic carbocycles. The third-order valence-corrected chi connectivity index (χ3v) is 2.57. The summed E-state index contributed by atoms with van der Waals surface area (Å²) >= 11 is 5.51. The molecule has 7 heteroatoms. The molecule has 18 heavy (non-hydrogen) atoms. The van der Waals surface area contributed by atoms with Gasteiger partial charge in [0.15, 0.2) is 0 Å². The number of rotatable bonds is 1. The van der Waals surface area contributed by atoms with Gasteiger partial charge in [0.25, 0.3) is 11.8 Å². The molecule has 0 bridgehead atoms. The standard InChI is InChI=1S/C11H5ClF3NO2/c12-5-1-2-6(8(3-5)11(13,14)15)7-4-9(17)16-10(7)18/h1-4H,(H,16,17,18). The van der Waals surface area contributed by atoms with E-state index in [-0.39, 0.29) is 16.2 Å². The van der Waals surface area contributed by atoms with Crippen molar-refractivity contribution in [3.63, 3.8) is 0 Å². The summed E-state index contributed by atoms with van der Waals surface area (Å²) in [6.07, 6.45) is -3.83. The molecule has 2 amide bonds. The third kappa shape index (κ3) is 2.24. The number of alkyl halides is 3. The zero-order valence-corrected chi connectivity index (χ0v) is 9.39. The van der Waals surface area contributed by atoms with Gasteiger partial charge in [-0.05, 0) is 17.7 Å². The number of halogens is 4. The minimum absolute atomic E-state index is 0.101. The number of benzene rings is 1. The molecule has 0 spiro atoms. The van der Waals surface area contributed by atoms with E-state index < -0.39 is 23.6 Å². The average Bonchev–Trinajstić information content (AvgIpc) is 2.56. The lowest BCUT2D eigenvalue weighted by molar-refractivity contribution is -0.137. The van der Waals surface area contributed by atoms with Crippen LogP contribution < -0.4 is 5.32 Å². The summed E-state index contributed by atoms with van der Waals surface area (Å²) in [7, 11) is 0. The predicted molar refractivity (Wildman–Crippen MR) is 57.6 cm³/mol. The van der Waals surface area contributed by atoms with Crippen molar-refractivity contribution >= 4 is 29.0 Å². The van der Waals surface area contributed by atoms with Gasteiger partial charge in [-0.2, -0.15) is 13.2 Å². The second-order valence-corrected chi connectivity index (χ2v) is 4.00. The van der Waals surface area contributed by atoms with Crippen LogP contribution in [0.25, 0.3) is 5.57 Å². The predicted octanol–water partition coefficient (Wildman–Crippen LogP) is 2.40. The SMILES string of the molecule is O=C1C=C(c2ccc(Cl)cc2C(F)(F)F)C(=O)N1. The summed E-state index contributed by atoms with van der Waals surface area (Å²) in [6.45, 7) is 0. The van der Waals surface area contributed by atoms with Crippen molar-refractivity contribution in [2.45, 2.75) is 6.18 Å². The highest BCUT2D eigenvalue weighted by molar-refractivity contribution is 6.34. The van der Waals surface area contributed by atoms with Crippen LogP contribution in [0.5, 0.6) is 0 Å². The van der Waals surface area contributed by atoms with Gasteiger partial charge in [-0.15, -0.1) is 0 Å². The Labute approximate surface area is 104 Å². The van der Waals surface area contributed by atoms with Crippen LogP contribution >= 0.6 is 11.6 Å². The van der Waals surface area contributed by atoms with Gasteiger partial charge < -0.3 is 0 Å². The van der Waals surface area contributed by atoms with Crippen LogP contribution in [0, 0.1) is 0 Å². The molecule has 94 valence electrons. The monoisotopic (exact) mass is 275 g/mol. The number of hydrogen-bond acceptors (Lipinski definition) is 2. The number of carbonyl (C=O) groups excluding carboxylic acids is 2. The van der Waals surface area contributed by atoms with Crippen LogP contribution in [0.4, 0.5) is 13.2 Å². The van der Waals surface area contributed by atoms with E-state index in [1.54, 1.807) is 0 Å². The molecule has 0 saturated heterocycles. The van der Waals surface area contributed by atoms with Crippen LogP contribution in [0.1, 0.15) is 11.1 Å². The summed E-state index contributed by atoms with van der Waals surface area (Å²) in [5, 5.41) is 1.79. The molecule has 1 aromatic rings. The van der Waals surface area contributed by atoms with E-state index in [2.05, 4.69) is 0 Å². The molecule has 1 aliphatic rings. The molecular formula is C11H5ClF3NO2. The van der Waals surface area contributed by atoms with Crippen LogP contribution in [-0.4, -0.2) is 11.8 Å². The lowest BCUT2D eigenvalue weighted by atomic mass is 9.99. The lowest BCUT2D eigenvalue weighted by Gasteiger charge is -2.12. The summed E-state index contributed by atoms with van der Waals surface area (Å²) in [5.74, 6) is -1.59. The molecule has 0 fully saturated rings. The smallest absolute Gasteiger partial charge is 0.289 e. The van der Waals surface area contributed by atoms with Crippen molar-refractivity contribution in [2.24, 2.45) is 0 Å². The molecule has 0 unspecified atom stereocenters. The van der Waals surface area contributed by atoms with Crippen molar-refractivity contribution in [1.29, 1.82) is 0 Å². The van der Waals surface area contributed by atoms with E-state index in [0.29, 0.717) is 6.07 Å². The van der Waals surface area contributed by atoms with Crippen LogP contribution in [0.15, 0.2) is 24.3 Å². The van der Waals surface area contributed by atoms with Gasteiger partial charge in [0.05, 0.1) is 11.1 Å². The van der Waals surface area contributed by atoms with Crippen molar-refractivity contribution in [3.05, 3.63) is 40.4 Å². The first-order chi connectivity index (χ1) is 8.29. The number of carbonyl (C=O) groups is 2. The molecular weight excluding hydrogens is 271 g/mol. The Kier molecular flexibility index (Phi) is 2.90. The Morgan fingerprint density at radius 3 is 2.33 bits per heavy atom. The van der Waals surface area contributed by atoms with Crippen molar-refractivity contribution in [3.8, 4) is 0 Å². The zero-order chi connectivity index (χ0) is 13.5. The van der Waals surface area contributed by atoms with Gasteiger partial charge in [0.2, 0.25) is 0 Å². The highest BCUT2D eigenvalue weighted by atomic mass is 35.5. The number of hydrogen-bond donors (Lipinski definition) is 1. The van der Waals surface area contributed by atoms with E-state index in [9.17, 15) is 22.8 Å². The topological polar surface area (TPSA) is 46.2 Å². The second kappa shape index (κ2) is 4.13. The third-order valence-electron chi connectivity index (χ3n) is 2.33. The molecule has 3 nitrogen and oxygen atoms in total. The van der Waals surface area contributed by atoms with E-state index in [1.165, 1.54) is 6.07 Å². The Balaban J connectivity index is 2.62. The Hall–Kier alpha value is -1.82. The molecule has 1 heterocycles. The second-order valence-electron chi connectivity index (χ2n) is 3.56. The van der Waals surface area contributed by atoms with Gasteiger partial charge in [-0.1, -0.05) is 17.7 Å². The minimum Gasteiger partial charge on any atom is -0.289 e. The molecule has 2 rings (SSSR count). The zero-order valence-electron chi connectivity index (χ0n) is 8.64. The summed E-state index contributed by atoms with van der Waals surface area (Å²) in [5.41, 5.74) is -1.73. The maximum Gasteiger partial charge on any atom is 0.417 e. The minimum atomic E-state index is -4.66.